The Labute approximate surface area is 239 Å². The summed E-state index contributed by atoms with van der Waals surface area (Å²) >= 11 is 0. The highest BCUT2D eigenvalue weighted by molar-refractivity contribution is 5.84. The van der Waals surface area contributed by atoms with E-state index in [1.165, 1.54) is 12.3 Å². The number of aliphatic hydroxyl groups excluding tert-OH is 1. The maximum Gasteiger partial charge on any atom is 0.337 e. The van der Waals surface area contributed by atoms with Gasteiger partial charge in [0.25, 0.3) is 0 Å². The van der Waals surface area contributed by atoms with Crippen LogP contribution in [0.2, 0.25) is 0 Å². The van der Waals surface area contributed by atoms with Crippen LogP contribution in [0.15, 0.2) is 24.5 Å². The van der Waals surface area contributed by atoms with E-state index in [0.29, 0.717) is 29.6 Å². The summed E-state index contributed by atoms with van der Waals surface area (Å²) in [6, 6.07) is 3.11. The summed E-state index contributed by atoms with van der Waals surface area (Å²) < 4.78 is 6.60. The Bertz CT molecular complexity index is 1650. The molecule has 13 heteroatoms. The van der Waals surface area contributed by atoms with E-state index in [1.807, 2.05) is 13.8 Å². The minimum Gasteiger partial charge on any atom is -0.504 e. The molecule has 1 aromatic carbocycles. The smallest absolute Gasteiger partial charge is 0.337 e. The van der Waals surface area contributed by atoms with Crippen LogP contribution in [0.1, 0.15) is 55.5 Å². The summed E-state index contributed by atoms with van der Waals surface area (Å²) in [6.45, 7) is 5.61. The van der Waals surface area contributed by atoms with Crippen molar-refractivity contribution in [3.8, 4) is 51.1 Å². The minimum absolute atomic E-state index is 0.0243. The van der Waals surface area contributed by atoms with Crippen LogP contribution >= 0.6 is 0 Å². The number of hydrogen-bond acceptors (Lipinski definition) is 12. The molecule has 1 unspecified atom stereocenters. The van der Waals surface area contributed by atoms with Gasteiger partial charge in [0.15, 0.2) is 23.3 Å². The molecule has 4 aromatic rings. The molecule has 1 saturated carbocycles. The van der Waals surface area contributed by atoms with Crippen LogP contribution < -0.4 is 0 Å². The van der Waals surface area contributed by atoms with Crippen LogP contribution in [0.5, 0.6) is 28.7 Å². The number of aromatic hydroxyl groups is 5. The number of pyridine rings is 1. The van der Waals surface area contributed by atoms with Crippen molar-refractivity contribution in [2.45, 2.75) is 64.1 Å². The maximum atomic E-state index is 12.0. The molecular weight excluding hydrogens is 548 g/mol. The molecule has 0 spiro atoms. The third-order valence-corrected chi connectivity index (χ3v) is 8.17. The molecule has 1 aliphatic carbocycles. The molecular formula is C29H32N4O9. The highest BCUT2D eigenvalue weighted by Gasteiger charge is 2.44. The Morgan fingerprint density at radius 3 is 2.21 bits per heavy atom. The number of aromatic nitrogens is 4. The number of benzene rings is 1. The first-order valence-electron chi connectivity index (χ1n) is 13.5. The standard InChI is InChI=1S/C29H32N4O9/c1-4-42-28(40)26(39)29(41)9-7-15(8-10-29)20-13(2)14(3)33-27(32-20)17(12-31-33)16-5-6-18(30-11-16)19-21(34)23(36)25(38)24(37)22(19)35/h5-6,11-12,15,26,34-39,41H,4,7-10H2,1-3H3. The third-order valence-electron chi connectivity index (χ3n) is 8.17. The molecule has 1 fully saturated rings. The van der Waals surface area contributed by atoms with Crippen molar-refractivity contribution >= 4 is 11.6 Å². The molecule has 3 aromatic heterocycles. The van der Waals surface area contributed by atoms with Gasteiger partial charge in [-0.3, -0.25) is 4.98 Å². The fraction of sp³-hybridized carbons (Fsp3) is 0.379. The minimum atomic E-state index is -1.62. The van der Waals surface area contributed by atoms with Gasteiger partial charge in [0, 0.05) is 28.9 Å². The summed E-state index contributed by atoms with van der Waals surface area (Å²) in [4.78, 5) is 21.3. The van der Waals surface area contributed by atoms with Gasteiger partial charge < -0.3 is 40.5 Å². The lowest BCUT2D eigenvalue weighted by molar-refractivity contribution is -0.173. The molecule has 0 bridgehead atoms. The normalized spacial score (nSPS) is 19.6. The van der Waals surface area contributed by atoms with Crippen molar-refractivity contribution in [3.05, 3.63) is 41.5 Å². The van der Waals surface area contributed by atoms with Crippen LogP contribution in [0, 0.1) is 13.8 Å². The van der Waals surface area contributed by atoms with E-state index in [-0.39, 0.29) is 36.6 Å². The average molecular weight is 581 g/mol. The Morgan fingerprint density at radius 1 is 1.02 bits per heavy atom. The van der Waals surface area contributed by atoms with Gasteiger partial charge in [-0.15, -0.1) is 0 Å². The maximum absolute atomic E-state index is 12.0. The number of nitrogens with zero attached hydrogens (tertiary/aromatic N) is 4. The second kappa shape index (κ2) is 10.7. The van der Waals surface area contributed by atoms with E-state index >= 15 is 0 Å². The largest absolute Gasteiger partial charge is 0.504 e. The number of esters is 1. The van der Waals surface area contributed by atoms with Gasteiger partial charge in [0.2, 0.25) is 17.2 Å². The Balaban J connectivity index is 1.47. The predicted molar refractivity (Wildman–Crippen MR) is 148 cm³/mol. The second-order valence-electron chi connectivity index (χ2n) is 10.6. The number of carbonyl (C=O) groups is 1. The van der Waals surface area contributed by atoms with Gasteiger partial charge in [0.05, 0.1) is 29.8 Å². The van der Waals surface area contributed by atoms with Crippen molar-refractivity contribution in [1.29, 1.82) is 0 Å². The van der Waals surface area contributed by atoms with Crippen molar-refractivity contribution in [3.63, 3.8) is 0 Å². The fourth-order valence-corrected chi connectivity index (χ4v) is 5.57. The number of rotatable bonds is 6. The zero-order valence-corrected chi connectivity index (χ0v) is 23.2. The van der Waals surface area contributed by atoms with Crippen LogP contribution in [-0.2, 0) is 9.53 Å². The molecule has 13 nitrogen and oxygen atoms in total. The molecule has 1 aliphatic rings. The first kappa shape index (κ1) is 28.9. The van der Waals surface area contributed by atoms with E-state index in [2.05, 4.69) is 10.1 Å². The highest BCUT2D eigenvalue weighted by Crippen LogP contribution is 2.54. The molecule has 42 heavy (non-hydrogen) atoms. The van der Waals surface area contributed by atoms with Gasteiger partial charge in [-0.25, -0.2) is 14.3 Å². The molecule has 7 N–H and O–H groups in total. The van der Waals surface area contributed by atoms with Crippen molar-refractivity contribution in [1.82, 2.24) is 19.6 Å². The van der Waals surface area contributed by atoms with Crippen molar-refractivity contribution in [2.24, 2.45) is 0 Å². The lowest BCUT2D eigenvalue weighted by Crippen LogP contribution is -2.49. The molecule has 5 rings (SSSR count). The molecule has 0 radical (unpaired) electrons. The molecule has 1 atom stereocenters. The zero-order chi connectivity index (χ0) is 30.5. The highest BCUT2D eigenvalue weighted by atomic mass is 16.5. The summed E-state index contributed by atoms with van der Waals surface area (Å²) in [6.07, 6.45) is 2.86. The Kier molecular flexibility index (Phi) is 7.33. The number of aryl methyl sites for hydroxylation is 1. The third kappa shape index (κ3) is 4.60. The first-order chi connectivity index (χ1) is 19.9. The van der Waals surface area contributed by atoms with E-state index < -0.39 is 46.4 Å². The van der Waals surface area contributed by atoms with E-state index in [4.69, 9.17) is 9.72 Å². The van der Waals surface area contributed by atoms with Crippen molar-refractivity contribution < 1.29 is 45.3 Å². The number of carbonyl (C=O) groups excluding carboxylic acids is 1. The topological polar surface area (TPSA) is 211 Å². The van der Waals surface area contributed by atoms with Crippen LogP contribution in [-0.4, -0.2) is 79.6 Å². The Morgan fingerprint density at radius 2 is 1.64 bits per heavy atom. The van der Waals surface area contributed by atoms with E-state index in [1.54, 1.807) is 23.7 Å². The quantitative estimate of drug-likeness (QED) is 0.0997. The SMILES string of the molecule is CCOC(=O)C(O)C1(O)CCC(c2nc3c(-c4ccc(-c5c(O)c(O)c(O)c(O)c5O)nc4)cnn3c(C)c2C)CC1. The molecule has 0 saturated heterocycles. The number of phenolic OH excluding ortho intramolecular Hbond substituents is 5. The van der Waals surface area contributed by atoms with Gasteiger partial charge >= 0.3 is 5.97 Å². The molecule has 222 valence electrons. The number of aliphatic hydroxyl groups is 2. The number of fused-ring (bicyclic) bond motifs is 1. The van der Waals surface area contributed by atoms with Gasteiger partial charge in [-0.05, 0) is 58.1 Å². The van der Waals surface area contributed by atoms with Crippen LogP contribution in [0.25, 0.3) is 28.0 Å². The van der Waals surface area contributed by atoms with Crippen LogP contribution in [0.3, 0.4) is 0 Å². The zero-order valence-electron chi connectivity index (χ0n) is 23.2. The number of hydrogen-bond donors (Lipinski definition) is 7. The second-order valence-corrected chi connectivity index (χ2v) is 10.6. The molecule has 0 aliphatic heterocycles. The number of ether oxygens (including phenoxy) is 1. The summed E-state index contributed by atoms with van der Waals surface area (Å²) in [7, 11) is 0. The summed E-state index contributed by atoms with van der Waals surface area (Å²) in [5.74, 6) is -5.59. The number of phenols is 5. The fourth-order valence-electron chi connectivity index (χ4n) is 5.57. The van der Waals surface area contributed by atoms with E-state index in [9.17, 15) is 40.5 Å². The molecule has 3 heterocycles. The van der Waals surface area contributed by atoms with Crippen molar-refractivity contribution in [2.75, 3.05) is 6.61 Å². The monoisotopic (exact) mass is 580 g/mol. The lowest BCUT2D eigenvalue weighted by atomic mass is 9.74. The van der Waals surface area contributed by atoms with Crippen LogP contribution in [0.4, 0.5) is 0 Å². The summed E-state index contributed by atoms with van der Waals surface area (Å²) in [5, 5.41) is 75.8. The molecule has 0 amide bonds. The predicted octanol–water partition coefficient (Wildman–Crippen LogP) is 2.92. The van der Waals surface area contributed by atoms with Gasteiger partial charge in [-0.1, -0.05) is 6.07 Å². The Hall–Kier alpha value is -4.62. The van der Waals surface area contributed by atoms with E-state index in [0.717, 1.165) is 17.0 Å². The lowest BCUT2D eigenvalue weighted by Gasteiger charge is -2.38. The summed E-state index contributed by atoms with van der Waals surface area (Å²) in [5.41, 5.74) is 2.53. The average Bonchev–Trinajstić information content (AvgIpc) is 3.41. The van der Waals surface area contributed by atoms with Gasteiger partial charge in [0.1, 0.15) is 5.60 Å². The van der Waals surface area contributed by atoms with Gasteiger partial charge in [-0.2, -0.15) is 5.10 Å². The first-order valence-corrected chi connectivity index (χ1v) is 13.5.